The molecule has 0 bridgehead atoms. The first kappa shape index (κ1) is 23.7. The van der Waals surface area contributed by atoms with Crippen molar-refractivity contribution in [1.29, 1.82) is 5.26 Å². The van der Waals surface area contributed by atoms with Crippen LogP contribution in [0.4, 0.5) is 0 Å². The molecule has 0 spiro atoms. The van der Waals surface area contributed by atoms with Gasteiger partial charge in [-0.1, -0.05) is 78.9 Å². The van der Waals surface area contributed by atoms with Crippen molar-refractivity contribution in [2.45, 2.75) is 6.92 Å². The summed E-state index contributed by atoms with van der Waals surface area (Å²) in [6.07, 6.45) is 0. The molecule has 0 saturated carbocycles. The lowest BCUT2D eigenvalue weighted by Gasteiger charge is -2.18. The van der Waals surface area contributed by atoms with Crippen molar-refractivity contribution in [1.82, 2.24) is 4.57 Å². The molecule has 0 radical (unpaired) electrons. The minimum Gasteiger partial charge on any atom is -0.309 e. The van der Waals surface area contributed by atoms with Gasteiger partial charge in [0.1, 0.15) is 0 Å². The van der Waals surface area contributed by atoms with Gasteiger partial charge in [-0.3, -0.25) is 0 Å². The third kappa shape index (κ3) is 3.62. The van der Waals surface area contributed by atoms with E-state index in [2.05, 4.69) is 133 Å². The molecule has 0 saturated heterocycles. The van der Waals surface area contributed by atoms with E-state index in [0.29, 0.717) is 5.56 Å². The fraction of sp³-hybridized carbons (Fsp3) is 0.0263. The van der Waals surface area contributed by atoms with Gasteiger partial charge in [-0.25, -0.2) is 0 Å². The van der Waals surface area contributed by atoms with E-state index in [-0.39, 0.29) is 0 Å². The normalized spacial score (nSPS) is 11.5. The second-order valence-electron chi connectivity index (χ2n) is 10.5. The second-order valence-corrected chi connectivity index (χ2v) is 11.6. The van der Waals surface area contributed by atoms with Crippen molar-refractivity contribution in [2.75, 3.05) is 0 Å². The molecule has 6 aromatic carbocycles. The first-order chi connectivity index (χ1) is 20.2. The fourth-order valence-electron chi connectivity index (χ4n) is 6.36. The predicted molar refractivity (Wildman–Crippen MR) is 174 cm³/mol. The summed E-state index contributed by atoms with van der Waals surface area (Å²) in [5, 5.41) is 14.4. The average molecular weight is 541 g/mol. The van der Waals surface area contributed by atoms with Crippen molar-refractivity contribution in [2.24, 2.45) is 0 Å². The van der Waals surface area contributed by atoms with Gasteiger partial charge in [0, 0.05) is 36.5 Å². The van der Waals surface area contributed by atoms with E-state index in [1.165, 1.54) is 64.4 Å². The van der Waals surface area contributed by atoms with Crippen LogP contribution in [0.15, 0.2) is 127 Å². The molecule has 0 unspecified atom stereocenters. The monoisotopic (exact) mass is 540 g/mol. The van der Waals surface area contributed by atoms with Crippen molar-refractivity contribution >= 4 is 53.3 Å². The van der Waals surface area contributed by atoms with Gasteiger partial charge < -0.3 is 4.57 Å². The van der Waals surface area contributed by atoms with Crippen LogP contribution in [-0.2, 0) is 0 Å². The highest BCUT2D eigenvalue weighted by atomic mass is 32.1. The lowest BCUT2D eigenvalue weighted by Crippen LogP contribution is -1.98. The number of rotatable bonds is 3. The molecule has 8 aromatic rings. The SMILES string of the molecule is Cc1cccc(-c2ccccc2-n2c3ccccc3c3ccccc32)c1-c1ccc2sc3ccc(C#N)cc3c2c1. The van der Waals surface area contributed by atoms with E-state index in [9.17, 15) is 5.26 Å². The van der Waals surface area contributed by atoms with Crippen LogP contribution in [-0.4, -0.2) is 4.57 Å². The van der Waals surface area contributed by atoms with Crippen molar-refractivity contribution in [3.63, 3.8) is 0 Å². The summed E-state index contributed by atoms with van der Waals surface area (Å²) >= 11 is 1.78. The van der Waals surface area contributed by atoms with Crippen LogP contribution in [0, 0.1) is 18.3 Å². The predicted octanol–water partition coefficient (Wildman–Crippen LogP) is 10.7. The molecule has 3 heteroatoms. The Hall–Kier alpha value is -5.17. The maximum atomic E-state index is 9.53. The molecule has 0 aliphatic rings. The zero-order valence-corrected chi connectivity index (χ0v) is 23.2. The van der Waals surface area contributed by atoms with E-state index in [1.807, 2.05) is 12.1 Å². The van der Waals surface area contributed by atoms with E-state index in [4.69, 9.17) is 0 Å². The Morgan fingerprint density at radius 1 is 0.585 bits per heavy atom. The van der Waals surface area contributed by atoms with Gasteiger partial charge >= 0.3 is 0 Å². The molecule has 0 N–H and O–H groups in total. The third-order valence-electron chi connectivity index (χ3n) is 8.17. The molecule has 2 heterocycles. The summed E-state index contributed by atoms with van der Waals surface area (Å²) in [6.45, 7) is 2.20. The Bertz CT molecular complexity index is 2290. The minimum atomic E-state index is 0.694. The second kappa shape index (κ2) is 9.20. The lowest BCUT2D eigenvalue weighted by molar-refractivity contribution is 1.18. The average Bonchev–Trinajstić information content (AvgIpc) is 3.56. The van der Waals surface area contributed by atoms with Crippen LogP contribution in [0.25, 0.3) is 69.9 Å². The van der Waals surface area contributed by atoms with E-state index < -0.39 is 0 Å². The zero-order chi connectivity index (χ0) is 27.5. The molecule has 192 valence electrons. The number of hydrogen-bond acceptors (Lipinski definition) is 2. The smallest absolute Gasteiger partial charge is 0.0991 e. The maximum absolute atomic E-state index is 9.53. The van der Waals surface area contributed by atoms with Gasteiger partial charge in [0.15, 0.2) is 0 Å². The van der Waals surface area contributed by atoms with Gasteiger partial charge in [0.2, 0.25) is 0 Å². The van der Waals surface area contributed by atoms with Crippen molar-refractivity contribution in [3.8, 4) is 34.0 Å². The Morgan fingerprint density at radius 3 is 1.98 bits per heavy atom. The quantitative estimate of drug-likeness (QED) is 0.219. The lowest BCUT2D eigenvalue weighted by atomic mass is 9.89. The van der Waals surface area contributed by atoms with Crippen LogP contribution < -0.4 is 0 Å². The topological polar surface area (TPSA) is 28.7 Å². The summed E-state index contributed by atoms with van der Waals surface area (Å²) in [6, 6.07) is 47.8. The number of aryl methyl sites for hydroxylation is 1. The number of aromatic nitrogens is 1. The largest absolute Gasteiger partial charge is 0.309 e. The molecule has 0 amide bonds. The molecule has 41 heavy (non-hydrogen) atoms. The number of nitriles is 1. The van der Waals surface area contributed by atoms with Crippen LogP contribution in [0.5, 0.6) is 0 Å². The van der Waals surface area contributed by atoms with E-state index in [0.717, 1.165) is 11.1 Å². The number of hydrogen-bond donors (Lipinski definition) is 0. The van der Waals surface area contributed by atoms with Crippen LogP contribution in [0.3, 0.4) is 0 Å². The molecule has 0 atom stereocenters. The van der Waals surface area contributed by atoms with Gasteiger partial charge in [-0.2, -0.15) is 5.26 Å². The Kier molecular flexibility index (Phi) is 5.32. The maximum Gasteiger partial charge on any atom is 0.0991 e. The van der Waals surface area contributed by atoms with E-state index in [1.54, 1.807) is 11.3 Å². The molecule has 0 aliphatic heterocycles. The van der Waals surface area contributed by atoms with Gasteiger partial charge in [-0.15, -0.1) is 11.3 Å². The highest BCUT2D eigenvalue weighted by Gasteiger charge is 2.18. The zero-order valence-electron chi connectivity index (χ0n) is 22.4. The summed E-state index contributed by atoms with van der Waals surface area (Å²) in [4.78, 5) is 0. The van der Waals surface area contributed by atoms with E-state index >= 15 is 0 Å². The molecule has 2 nitrogen and oxygen atoms in total. The molecular weight excluding hydrogens is 516 g/mol. The summed E-state index contributed by atoms with van der Waals surface area (Å²) in [7, 11) is 0. The van der Waals surface area contributed by atoms with Crippen LogP contribution in [0.1, 0.15) is 11.1 Å². The molecule has 2 aromatic heterocycles. The van der Waals surface area contributed by atoms with Gasteiger partial charge in [-0.05, 0) is 77.7 Å². The van der Waals surface area contributed by atoms with Gasteiger partial charge in [0.05, 0.1) is 28.4 Å². The third-order valence-corrected chi connectivity index (χ3v) is 9.33. The molecular formula is C38H24N2S. The Labute approximate surface area is 242 Å². The van der Waals surface area contributed by atoms with Gasteiger partial charge in [0.25, 0.3) is 0 Å². The van der Waals surface area contributed by atoms with Crippen molar-refractivity contribution in [3.05, 3.63) is 139 Å². The summed E-state index contributed by atoms with van der Waals surface area (Å²) < 4.78 is 4.85. The highest BCUT2D eigenvalue weighted by molar-refractivity contribution is 7.25. The number of nitrogens with zero attached hydrogens (tertiary/aromatic N) is 2. The first-order valence-electron chi connectivity index (χ1n) is 13.8. The summed E-state index contributed by atoms with van der Waals surface area (Å²) in [5.41, 5.74) is 10.3. The molecule has 8 rings (SSSR count). The Morgan fingerprint density at radius 2 is 1.22 bits per heavy atom. The number of benzene rings is 6. The summed E-state index contributed by atoms with van der Waals surface area (Å²) in [5.74, 6) is 0. The molecule has 0 fully saturated rings. The number of thiophene rings is 1. The van der Waals surface area contributed by atoms with Crippen LogP contribution >= 0.6 is 11.3 Å². The molecule has 0 aliphatic carbocycles. The highest BCUT2D eigenvalue weighted by Crippen LogP contribution is 2.43. The fourth-order valence-corrected chi connectivity index (χ4v) is 7.42. The minimum absolute atomic E-state index is 0.694. The van der Waals surface area contributed by atoms with Crippen molar-refractivity contribution < 1.29 is 0 Å². The number of fused-ring (bicyclic) bond motifs is 6. The standard InChI is InChI=1S/C38H24N2S/c1-24-9-8-13-30(38(24)26-18-20-37-32(22-26)31-21-25(23-39)17-19-36(31)41-37)29-12-4-7-16-35(29)40-33-14-5-2-10-27(33)28-11-3-6-15-34(28)40/h2-22H,1H3. The Balaban J connectivity index is 1.40. The first-order valence-corrected chi connectivity index (χ1v) is 14.6. The number of para-hydroxylation sites is 3. The van der Waals surface area contributed by atoms with Crippen LogP contribution in [0.2, 0.25) is 0 Å².